The van der Waals surface area contributed by atoms with Crippen LogP contribution in [0.2, 0.25) is 0 Å². The van der Waals surface area contributed by atoms with Crippen LogP contribution in [0, 0.1) is 17.3 Å². The molecular formula is C57H99NO6. The average molecular weight is 894 g/mol. The maximum Gasteiger partial charge on any atom is 0.313 e. The van der Waals surface area contributed by atoms with Crippen molar-refractivity contribution in [3.63, 3.8) is 0 Å². The highest BCUT2D eigenvalue weighted by Crippen LogP contribution is 2.40. The molecule has 2 rings (SSSR count). The molecule has 0 radical (unpaired) electrons. The number of hydrogen-bond donors (Lipinski definition) is 1. The number of hydrogen-bond acceptors (Lipinski definition) is 7. The van der Waals surface area contributed by atoms with E-state index in [-0.39, 0.29) is 42.6 Å². The van der Waals surface area contributed by atoms with Crippen molar-refractivity contribution in [2.75, 3.05) is 39.5 Å². The highest BCUT2D eigenvalue weighted by atomic mass is 16.6. The molecule has 5 atom stereocenters. The van der Waals surface area contributed by atoms with Gasteiger partial charge in [-0.3, -0.25) is 9.59 Å². The summed E-state index contributed by atoms with van der Waals surface area (Å²) in [7, 11) is 0. The lowest BCUT2D eigenvalue weighted by molar-refractivity contribution is -0.161. The van der Waals surface area contributed by atoms with Crippen LogP contribution in [-0.2, 0) is 28.5 Å². The molecule has 64 heavy (non-hydrogen) atoms. The van der Waals surface area contributed by atoms with E-state index < -0.39 is 5.41 Å². The Morgan fingerprint density at radius 2 is 1.17 bits per heavy atom. The van der Waals surface area contributed by atoms with Crippen LogP contribution >= 0.6 is 0 Å². The van der Waals surface area contributed by atoms with Crippen molar-refractivity contribution in [1.29, 1.82) is 0 Å². The molecule has 7 nitrogen and oxygen atoms in total. The van der Waals surface area contributed by atoms with Crippen LogP contribution in [0.1, 0.15) is 220 Å². The Balaban J connectivity index is 1.73. The molecular weight excluding hydrogens is 795 g/mol. The van der Waals surface area contributed by atoms with E-state index in [9.17, 15) is 9.59 Å². The van der Waals surface area contributed by atoms with E-state index in [1.165, 1.54) is 122 Å². The zero-order valence-electron chi connectivity index (χ0n) is 42.0. The van der Waals surface area contributed by atoms with Gasteiger partial charge < -0.3 is 24.3 Å². The van der Waals surface area contributed by atoms with E-state index in [0.717, 1.165) is 70.8 Å². The maximum absolute atomic E-state index is 13.4. The minimum absolute atomic E-state index is 0.106. The van der Waals surface area contributed by atoms with Crippen molar-refractivity contribution in [3.05, 3.63) is 60.8 Å². The molecule has 1 aliphatic heterocycles. The van der Waals surface area contributed by atoms with Crippen molar-refractivity contribution in [3.8, 4) is 0 Å². The molecule has 1 saturated carbocycles. The van der Waals surface area contributed by atoms with E-state index in [4.69, 9.17) is 18.9 Å². The third-order valence-electron chi connectivity index (χ3n) is 13.2. The molecule has 1 saturated heterocycles. The van der Waals surface area contributed by atoms with Gasteiger partial charge in [0.15, 0.2) is 0 Å². The smallest absolute Gasteiger partial charge is 0.313 e. The van der Waals surface area contributed by atoms with E-state index in [0.29, 0.717) is 32.8 Å². The molecule has 368 valence electrons. The summed E-state index contributed by atoms with van der Waals surface area (Å²) >= 11 is 0. The van der Waals surface area contributed by atoms with Gasteiger partial charge in [0.05, 0.1) is 12.0 Å². The Morgan fingerprint density at radius 1 is 0.625 bits per heavy atom. The van der Waals surface area contributed by atoms with Gasteiger partial charge in [-0.1, -0.05) is 159 Å². The van der Waals surface area contributed by atoms with Crippen LogP contribution in [0.3, 0.4) is 0 Å². The van der Waals surface area contributed by atoms with Crippen molar-refractivity contribution >= 4 is 11.9 Å². The first kappa shape index (κ1) is 57.6. The Kier molecular flexibility index (Phi) is 36.7. The molecule has 7 heteroatoms. The molecule has 1 heterocycles. The predicted molar refractivity (Wildman–Crippen MR) is 271 cm³/mol. The van der Waals surface area contributed by atoms with E-state index in [1.54, 1.807) is 0 Å². The standard InChI is InChI=1S/C57H99NO6/c1-5-8-11-13-15-17-19-21-23-25-27-29-31-33-35-38-45-61-48-52(62-46-39-36-34-32-30-28-26-24-22-20-18-16-14-12-9-6-2)49-63-55(59)47-51-41-42-54(53(51)40-37-10-7-3)64-56(60)57(4)43-44-58-50-57/h10,15-18,21-24,37,51-54,58H,5-9,11-14,19-20,25-36,38-50H2,1-4H3/b17-15-,18-16-,23-21-,24-22-,37-10-. The van der Waals surface area contributed by atoms with Gasteiger partial charge in [-0.25, -0.2) is 0 Å². The van der Waals surface area contributed by atoms with E-state index >= 15 is 0 Å². The van der Waals surface area contributed by atoms with Crippen LogP contribution in [0.25, 0.3) is 0 Å². The fraction of sp³-hybridized carbons (Fsp3) is 0.789. The number of nitrogens with one attached hydrogen (secondary N) is 1. The van der Waals surface area contributed by atoms with Gasteiger partial charge in [-0.2, -0.15) is 0 Å². The fourth-order valence-corrected chi connectivity index (χ4v) is 8.90. The number of carbonyl (C=O) groups is 2. The fourth-order valence-electron chi connectivity index (χ4n) is 8.90. The first-order valence-electron chi connectivity index (χ1n) is 26.9. The van der Waals surface area contributed by atoms with Crippen LogP contribution in [-0.4, -0.2) is 63.7 Å². The number of ether oxygens (including phenoxy) is 4. The summed E-state index contributed by atoms with van der Waals surface area (Å²) in [5.41, 5.74) is -0.470. The summed E-state index contributed by atoms with van der Waals surface area (Å²) in [5.74, 6) is -0.0593. The largest absolute Gasteiger partial charge is 0.463 e. The minimum atomic E-state index is -0.470. The molecule has 0 aromatic heterocycles. The third kappa shape index (κ3) is 29.9. The first-order chi connectivity index (χ1) is 31.4. The lowest BCUT2D eigenvalue weighted by Gasteiger charge is -2.28. The van der Waals surface area contributed by atoms with Crippen LogP contribution in [0.5, 0.6) is 0 Å². The predicted octanol–water partition coefficient (Wildman–Crippen LogP) is 15.2. The lowest BCUT2D eigenvalue weighted by atomic mass is 9.87. The molecule has 1 N–H and O–H groups in total. The second-order valence-electron chi connectivity index (χ2n) is 19.2. The summed E-state index contributed by atoms with van der Waals surface area (Å²) in [6.45, 7) is 12.2. The summed E-state index contributed by atoms with van der Waals surface area (Å²) < 4.78 is 24.6. The van der Waals surface area contributed by atoms with Gasteiger partial charge in [0.1, 0.15) is 18.8 Å². The number of allylic oxidation sites excluding steroid dienone is 10. The summed E-state index contributed by atoms with van der Waals surface area (Å²) in [6, 6.07) is 0. The molecule has 2 fully saturated rings. The van der Waals surface area contributed by atoms with Crippen molar-refractivity contribution in [2.45, 2.75) is 233 Å². The Bertz CT molecular complexity index is 1260. The molecule has 0 aromatic carbocycles. The first-order valence-corrected chi connectivity index (χ1v) is 26.9. The lowest BCUT2D eigenvalue weighted by Crippen LogP contribution is -2.36. The zero-order valence-corrected chi connectivity index (χ0v) is 42.0. The monoisotopic (exact) mass is 894 g/mol. The summed E-state index contributed by atoms with van der Waals surface area (Å²) in [6.07, 6.45) is 56.3. The van der Waals surface area contributed by atoms with Crippen LogP contribution in [0.4, 0.5) is 0 Å². The van der Waals surface area contributed by atoms with Gasteiger partial charge in [0.2, 0.25) is 0 Å². The van der Waals surface area contributed by atoms with Gasteiger partial charge in [-0.05, 0) is 129 Å². The molecule has 0 amide bonds. The summed E-state index contributed by atoms with van der Waals surface area (Å²) in [5, 5.41) is 3.31. The van der Waals surface area contributed by atoms with Crippen LogP contribution in [0.15, 0.2) is 60.8 Å². The SMILES string of the molecule is CC/C=C\CC1C(CC(=O)OCC(COCCCCCCCC/C=C\C/C=C\CCCCC)OCCCCCCCC/C=C\C/C=C\CCCCC)CCC1OC(=O)C1(C)CCNC1. The Hall–Kier alpha value is -2.48. The third-order valence-corrected chi connectivity index (χ3v) is 13.2. The number of carbonyl (C=O) groups excluding carboxylic acids is 2. The molecule has 0 spiro atoms. The number of unbranched alkanes of at least 4 members (excludes halogenated alkanes) is 18. The molecule has 1 aliphatic carbocycles. The van der Waals surface area contributed by atoms with Crippen molar-refractivity contribution in [2.24, 2.45) is 17.3 Å². The highest BCUT2D eigenvalue weighted by molar-refractivity contribution is 5.77. The maximum atomic E-state index is 13.4. The van der Waals surface area contributed by atoms with Gasteiger partial charge >= 0.3 is 11.9 Å². The van der Waals surface area contributed by atoms with Gasteiger partial charge in [0.25, 0.3) is 0 Å². The number of rotatable bonds is 42. The van der Waals surface area contributed by atoms with Crippen LogP contribution < -0.4 is 5.32 Å². The quantitative estimate of drug-likeness (QED) is 0.0371. The second kappa shape index (κ2) is 40.8. The van der Waals surface area contributed by atoms with Gasteiger partial charge in [-0.15, -0.1) is 0 Å². The van der Waals surface area contributed by atoms with Gasteiger partial charge in [0, 0.05) is 32.1 Å². The Labute approximate surface area is 394 Å². The number of esters is 2. The molecule has 5 unspecified atom stereocenters. The Morgan fingerprint density at radius 3 is 1.72 bits per heavy atom. The van der Waals surface area contributed by atoms with E-state index in [2.05, 4.69) is 86.8 Å². The highest BCUT2D eigenvalue weighted by Gasteiger charge is 2.44. The molecule has 2 aliphatic rings. The topological polar surface area (TPSA) is 83.1 Å². The van der Waals surface area contributed by atoms with E-state index in [1.807, 2.05) is 6.92 Å². The molecule has 0 aromatic rings. The summed E-state index contributed by atoms with van der Waals surface area (Å²) in [4.78, 5) is 26.6. The van der Waals surface area contributed by atoms with Crippen molar-refractivity contribution in [1.82, 2.24) is 5.32 Å². The molecule has 0 bridgehead atoms. The zero-order chi connectivity index (χ0) is 46.0. The van der Waals surface area contributed by atoms with Crippen molar-refractivity contribution < 1.29 is 28.5 Å². The average Bonchev–Trinajstić information content (AvgIpc) is 3.91. The minimum Gasteiger partial charge on any atom is -0.463 e. The normalized spacial score (nSPS) is 20.9. The second-order valence-corrected chi connectivity index (χ2v) is 19.2.